The third-order valence-corrected chi connectivity index (χ3v) is 5.79. The summed E-state index contributed by atoms with van der Waals surface area (Å²) in [4.78, 5) is 20.3. The second-order valence-corrected chi connectivity index (χ2v) is 7.75. The van der Waals surface area contributed by atoms with E-state index in [9.17, 15) is 4.79 Å². The zero-order valence-corrected chi connectivity index (χ0v) is 18.8. The molecule has 0 saturated carbocycles. The molecular formula is C25H22N2O4S. The normalized spacial score (nSPS) is 16.0. The van der Waals surface area contributed by atoms with E-state index < -0.39 is 0 Å². The molecule has 3 aromatic rings. The monoisotopic (exact) mass is 446 g/mol. The summed E-state index contributed by atoms with van der Waals surface area (Å²) in [5.74, 6) is 1.35. The molecule has 32 heavy (non-hydrogen) atoms. The van der Waals surface area contributed by atoms with E-state index in [4.69, 9.17) is 19.2 Å². The van der Waals surface area contributed by atoms with Gasteiger partial charge in [0.15, 0.2) is 16.7 Å². The molecule has 6 nitrogen and oxygen atoms in total. The maximum atomic E-state index is 13.4. The molecule has 0 bridgehead atoms. The number of nitrogens with zero attached hydrogens (tertiary/aromatic N) is 2. The van der Waals surface area contributed by atoms with Gasteiger partial charge in [-0.2, -0.15) is 0 Å². The molecule has 0 atom stereocenters. The Balaban J connectivity index is 1.80. The van der Waals surface area contributed by atoms with Crippen LogP contribution in [0.25, 0.3) is 6.08 Å². The summed E-state index contributed by atoms with van der Waals surface area (Å²) in [5, 5.41) is 0.582. The fourth-order valence-electron chi connectivity index (χ4n) is 3.35. The molecule has 1 heterocycles. The predicted octanol–water partition coefficient (Wildman–Crippen LogP) is 5.52. The summed E-state index contributed by atoms with van der Waals surface area (Å²) in [6, 6.07) is 22.7. The molecule has 3 aromatic carbocycles. The Morgan fingerprint density at radius 2 is 1.47 bits per heavy atom. The van der Waals surface area contributed by atoms with Crippen molar-refractivity contribution in [2.75, 3.05) is 26.2 Å². The molecule has 0 spiro atoms. The maximum absolute atomic E-state index is 13.4. The second kappa shape index (κ2) is 9.62. The Morgan fingerprint density at radius 1 is 0.812 bits per heavy atom. The van der Waals surface area contributed by atoms with Gasteiger partial charge in [-0.3, -0.25) is 9.69 Å². The van der Waals surface area contributed by atoms with Crippen LogP contribution >= 0.6 is 11.8 Å². The summed E-state index contributed by atoms with van der Waals surface area (Å²) in [5.41, 5.74) is 2.23. The number of rotatable bonds is 6. The molecule has 1 saturated heterocycles. The Kier molecular flexibility index (Phi) is 6.47. The van der Waals surface area contributed by atoms with Crippen LogP contribution in [0.1, 0.15) is 5.56 Å². The first-order valence-corrected chi connectivity index (χ1v) is 10.7. The van der Waals surface area contributed by atoms with Gasteiger partial charge in [0, 0.05) is 5.56 Å². The van der Waals surface area contributed by atoms with Crippen LogP contribution < -0.4 is 19.1 Å². The van der Waals surface area contributed by atoms with Gasteiger partial charge in [-0.25, -0.2) is 4.99 Å². The zero-order chi connectivity index (χ0) is 22.5. The number of amidine groups is 1. The number of carbonyl (C=O) groups excluding carboxylic acids is 1. The van der Waals surface area contributed by atoms with Gasteiger partial charge in [0.1, 0.15) is 0 Å². The molecule has 0 aromatic heterocycles. The van der Waals surface area contributed by atoms with Crippen molar-refractivity contribution in [1.82, 2.24) is 0 Å². The molecule has 0 aliphatic carbocycles. The van der Waals surface area contributed by atoms with E-state index in [0.29, 0.717) is 32.9 Å². The third-order valence-electron chi connectivity index (χ3n) is 4.82. The molecule has 1 amide bonds. The lowest BCUT2D eigenvalue weighted by Gasteiger charge is -2.15. The zero-order valence-electron chi connectivity index (χ0n) is 17.9. The fraction of sp³-hybridized carbons (Fsp3) is 0.120. The van der Waals surface area contributed by atoms with Crippen LogP contribution in [0.2, 0.25) is 0 Å². The number of methoxy groups -OCH3 is 3. The lowest BCUT2D eigenvalue weighted by Crippen LogP contribution is -2.28. The Hall–Kier alpha value is -3.71. The first kappa shape index (κ1) is 21.5. The van der Waals surface area contributed by atoms with Crippen molar-refractivity contribution < 1.29 is 19.0 Å². The summed E-state index contributed by atoms with van der Waals surface area (Å²) in [7, 11) is 4.67. The minimum absolute atomic E-state index is 0.160. The van der Waals surface area contributed by atoms with Gasteiger partial charge < -0.3 is 14.2 Å². The van der Waals surface area contributed by atoms with E-state index in [2.05, 4.69) is 0 Å². The van der Waals surface area contributed by atoms with Crippen LogP contribution in [0.4, 0.5) is 11.4 Å². The number of hydrogen-bond donors (Lipinski definition) is 0. The predicted molar refractivity (Wildman–Crippen MR) is 129 cm³/mol. The molecule has 1 aliphatic rings. The molecule has 1 aliphatic heterocycles. The summed E-state index contributed by atoms with van der Waals surface area (Å²) >= 11 is 1.31. The van der Waals surface area contributed by atoms with E-state index in [1.54, 1.807) is 38.4 Å². The second-order valence-electron chi connectivity index (χ2n) is 6.74. The molecule has 4 rings (SSSR count). The van der Waals surface area contributed by atoms with Crippen molar-refractivity contribution in [3.05, 3.63) is 83.3 Å². The van der Waals surface area contributed by atoms with Gasteiger partial charge in [-0.05, 0) is 54.2 Å². The van der Waals surface area contributed by atoms with E-state index in [1.165, 1.54) is 11.8 Å². The van der Waals surface area contributed by atoms with Gasteiger partial charge in [0.05, 0.1) is 37.6 Å². The highest BCUT2D eigenvalue weighted by molar-refractivity contribution is 8.19. The molecule has 0 radical (unpaired) electrons. The molecule has 0 unspecified atom stereocenters. The van der Waals surface area contributed by atoms with Crippen molar-refractivity contribution >= 4 is 40.3 Å². The molecule has 0 N–H and O–H groups in total. The van der Waals surface area contributed by atoms with Gasteiger partial charge in [0.2, 0.25) is 5.75 Å². The standard InChI is InChI=1S/C25H22N2O4S/c1-29-20-15-14-17(22(30-2)23(20)31-3)16-21-24(28)27(19-12-8-5-9-13-19)25(32-21)26-18-10-6-4-7-11-18/h4-16H,1-3H3/b21-16-,26-25?. The van der Waals surface area contributed by atoms with E-state index >= 15 is 0 Å². The van der Waals surface area contributed by atoms with Gasteiger partial charge >= 0.3 is 0 Å². The van der Waals surface area contributed by atoms with Crippen LogP contribution in [0.15, 0.2) is 82.7 Å². The average Bonchev–Trinajstić information content (AvgIpc) is 3.14. The smallest absolute Gasteiger partial charge is 0.271 e. The van der Waals surface area contributed by atoms with Gasteiger partial charge in [-0.1, -0.05) is 36.4 Å². The van der Waals surface area contributed by atoms with Crippen LogP contribution in [0.5, 0.6) is 17.2 Å². The fourth-order valence-corrected chi connectivity index (χ4v) is 4.34. The summed E-state index contributed by atoms with van der Waals surface area (Å²) in [6.45, 7) is 0. The summed E-state index contributed by atoms with van der Waals surface area (Å²) in [6.07, 6.45) is 1.79. The SMILES string of the molecule is COc1ccc(/C=C2\SC(=Nc3ccccc3)N(c3ccccc3)C2=O)c(OC)c1OC. The average molecular weight is 447 g/mol. The first-order valence-electron chi connectivity index (χ1n) is 9.88. The molecule has 1 fully saturated rings. The van der Waals surface area contributed by atoms with E-state index in [-0.39, 0.29) is 5.91 Å². The van der Waals surface area contributed by atoms with Crippen molar-refractivity contribution in [2.24, 2.45) is 4.99 Å². The number of carbonyl (C=O) groups is 1. The number of benzene rings is 3. The van der Waals surface area contributed by atoms with Gasteiger partial charge in [0.25, 0.3) is 5.91 Å². The van der Waals surface area contributed by atoms with Crippen LogP contribution in [-0.4, -0.2) is 32.4 Å². The summed E-state index contributed by atoms with van der Waals surface area (Å²) < 4.78 is 16.4. The van der Waals surface area contributed by atoms with Crippen molar-refractivity contribution in [3.63, 3.8) is 0 Å². The molecule has 162 valence electrons. The molecular weight excluding hydrogens is 424 g/mol. The number of para-hydroxylation sites is 2. The number of amides is 1. The third kappa shape index (κ3) is 4.20. The number of aliphatic imine (C=N–C) groups is 1. The number of hydrogen-bond acceptors (Lipinski definition) is 6. The number of anilines is 1. The van der Waals surface area contributed by atoms with E-state index in [1.807, 2.05) is 66.7 Å². The van der Waals surface area contributed by atoms with Crippen LogP contribution in [0, 0.1) is 0 Å². The lowest BCUT2D eigenvalue weighted by atomic mass is 10.1. The van der Waals surface area contributed by atoms with E-state index in [0.717, 1.165) is 11.4 Å². The minimum Gasteiger partial charge on any atom is -0.493 e. The van der Waals surface area contributed by atoms with Gasteiger partial charge in [-0.15, -0.1) is 0 Å². The number of ether oxygens (including phenoxy) is 3. The van der Waals surface area contributed by atoms with Crippen LogP contribution in [-0.2, 0) is 4.79 Å². The van der Waals surface area contributed by atoms with Crippen LogP contribution in [0.3, 0.4) is 0 Å². The van der Waals surface area contributed by atoms with Crippen molar-refractivity contribution in [1.29, 1.82) is 0 Å². The number of thioether (sulfide) groups is 1. The largest absolute Gasteiger partial charge is 0.493 e. The minimum atomic E-state index is -0.160. The van der Waals surface area contributed by atoms with Crippen molar-refractivity contribution in [2.45, 2.75) is 0 Å². The lowest BCUT2D eigenvalue weighted by molar-refractivity contribution is -0.113. The Morgan fingerprint density at radius 3 is 2.09 bits per heavy atom. The molecule has 7 heteroatoms. The quantitative estimate of drug-likeness (QED) is 0.467. The Labute approximate surface area is 191 Å². The first-order chi connectivity index (χ1) is 15.7. The van der Waals surface area contributed by atoms with Crippen molar-refractivity contribution in [3.8, 4) is 17.2 Å². The maximum Gasteiger partial charge on any atom is 0.271 e. The highest BCUT2D eigenvalue weighted by atomic mass is 32.2. The highest BCUT2D eigenvalue weighted by Crippen LogP contribution is 2.43. The Bertz CT molecular complexity index is 1180. The highest BCUT2D eigenvalue weighted by Gasteiger charge is 2.35. The topological polar surface area (TPSA) is 60.4 Å².